The first-order valence-electron chi connectivity index (χ1n) is 7.27. The molecule has 1 aliphatic heterocycles. The third-order valence-corrected chi connectivity index (χ3v) is 4.21. The quantitative estimate of drug-likeness (QED) is 0.925. The van der Waals surface area contributed by atoms with Gasteiger partial charge in [-0.1, -0.05) is 31.5 Å². The third-order valence-electron chi connectivity index (χ3n) is 3.80. The van der Waals surface area contributed by atoms with Gasteiger partial charge in [-0.25, -0.2) is 0 Å². The molecule has 1 N–H and O–H groups in total. The molecule has 1 saturated heterocycles. The molecule has 1 amide bonds. The molecule has 2 rings (SSSR count). The lowest BCUT2D eigenvalue weighted by Gasteiger charge is -2.31. The van der Waals surface area contributed by atoms with Crippen molar-refractivity contribution in [3.05, 3.63) is 34.3 Å². The number of nitrogens with zero attached hydrogens (tertiary/aromatic N) is 1. The molecule has 0 aliphatic carbocycles. The normalized spacial score (nSPS) is 18.6. The van der Waals surface area contributed by atoms with E-state index in [0.717, 1.165) is 37.2 Å². The lowest BCUT2D eigenvalue weighted by molar-refractivity contribution is 0.0666. The number of halogens is 1. The van der Waals surface area contributed by atoms with Crippen molar-refractivity contribution >= 4 is 17.5 Å². The first-order chi connectivity index (χ1) is 9.50. The van der Waals surface area contributed by atoms with Crippen molar-refractivity contribution in [1.82, 2.24) is 10.2 Å². The monoisotopic (exact) mass is 294 g/mol. The Hall–Kier alpha value is -1.06. The fourth-order valence-corrected chi connectivity index (χ4v) is 2.87. The Morgan fingerprint density at radius 1 is 1.50 bits per heavy atom. The van der Waals surface area contributed by atoms with Crippen LogP contribution in [0.15, 0.2) is 18.2 Å². The number of hydrogen-bond acceptors (Lipinski definition) is 2. The molecule has 20 heavy (non-hydrogen) atoms. The van der Waals surface area contributed by atoms with E-state index < -0.39 is 0 Å². The van der Waals surface area contributed by atoms with Crippen molar-refractivity contribution in [3.63, 3.8) is 0 Å². The Bertz CT molecular complexity index is 481. The van der Waals surface area contributed by atoms with Crippen LogP contribution < -0.4 is 5.32 Å². The number of benzene rings is 1. The number of carbonyl (C=O) groups excluding carboxylic acids is 1. The summed E-state index contributed by atoms with van der Waals surface area (Å²) in [5.74, 6) is 0.562. The molecule has 0 spiro atoms. The number of carbonyl (C=O) groups is 1. The van der Waals surface area contributed by atoms with Crippen molar-refractivity contribution in [3.8, 4) is 0 Å². The van der Waals surface area contributed by atoms with Gasteiger partial charge in [0.25, 0.3) is 5.91 Å². The Balaban J connectivity index is 2.27. The highest BCUT2D eigenvalue weighted by molar-refractivity contribution is 6.31. The maximum Gasteiger partial charge on any atom is 0.254 e. The van der Waals surface area contributed by atoms with Crippen LogP contribution in [0.25, 0.3) is 0 Å². The van der Waals surface area contributed by atoms with Crippen LogP contribution in [0, 0.1) is 12.8 Å². The van der Waals surface area contributed by atoms with Gasteiger partial charge in [-0.15, -0.1) is 0 Å². The fourth-order valence-electron chi connectivity index (χ4n) is 2.69. The van der Waals surface area contributed by atoms with Gasteiger partial charge in [-0.3, -0.25) is 4.79 Å². The van der Waals surface area contributed by atoms with E-state index in [2.05, 4.69) is 19.2 Å². The van der Waals surface area contributed by atoms with Crippen LogP contribution in [-0.2, 0) is 0 Å². The van der Waals surface area contributed by atoms with Crippen LogP contribution >= 0.6 is 11.6 Å². The number of amides is 1. The van der Waals surface area contributed by atoms with Gasteiger partial charge in [0.05, 0.1) is 0 Å². The first-order valence-corrected chi connectivity index (χ1v) is 7.65. The molecule has 1 heterocycles. The summed E-state index contributed by atoms with van der Waals surface area (Å²) < 4.78 is 0. The Morgan fingerprint density at radius 2 is 2.25 bits per heavy atom. The van der Waals surface area contributed by atoms with Crippen molar-refractivity contribution in [2.45, 2.75) is 33.2 Å². The summed E-state index contributed by atoms with van der Waals surface area (Å²) in [5, 5.41) is 4.00. The zero-order valence-electron chi connectivity index (χ0n) is 12.4. The number of hydrogen-bond donors (Lipinski definition) is 1. The van der Waals surface area contributed by atoms with Gasteiger partial charge >= 0.3 is 0 Å². The van der Waals surface area contributed by atoms with E-state index in [1.165, 1.54) is 0 Å². The minimum atomic E-state index is 0.104. The van der Waals surface area contributed by atoms with Gasteiger partial charge in [-0.05, 0) is 43.5 Å². The van der Waals surface area contributed by atoms with Crippen molar-refractivity contribution in [1.29, 1.82) is 0 Å². The van der Waals surface area contributed by atoms with E-state index in [9.17, 15) is 4.79 Å². The molecule has 1 aliphatic rings. The van der Waals surface area contributed by atoms with Gasteiger partial charge in [0.2, 0.25) is 0 Å². The molecule has 1 atom stereocenters. The first kappa shape index (κ1) is 15.3. The fraction of sp³-hybridized carbons (Fsp3) is 0.562. The maximum absolute atomic E-state index is 12.9. The second-order valence-corrected chi connectivity index (χ2v) is 6.32. The van der Waals surface area contributed by atoms with Gasteiger partial charge in [0, 0.05) is 29.7 Å². The molecule has 3 nitrogen and oxygen atoms in total. The molecule has 1 unspecified atom stereocenters. The van der Waals surface area contributed by atoms with Crippen LogP contribution in [-0.4, -0.2) is 36.5 Å². The van der Waals surface area contributed by atoms with Crippen molar-refractivity contribution in [2.75, 3.05) is 19.6 Å². The minimum absolute atomic E-state index is 0.104. The summed E-state index contributed by atoms with van der Waals surface area (Å²) in [6.45, 7) is 8.87. The molecule has 1 aromatic carbocycles. The van der Waals surface area contributed by atoms with E-state index >= 15 is 0 Å². The molecule has 4 heteroatoms. The summed E-state index contributed by atoms with van der Waals surface area (Å²) in [6.07, 6.45) is 1.03. The van der Waals surface area contributed by atoms with Crippen molar-refractivity contribution in [2.24, 2.45) is 5.92 Å². The Kier molecular flexibility index (Phi) is 5.06. The van der Waals surface area contributed by atoms with Crippen LogP contribution in [0.5, 0.6) is 0 Å². The molecule has 0 saturated carbocycles. The van der Waals surface area contributed by atoms with E-state index in [4.69, 9.17) is 11.6 Å². The maximum atomic E-state index is 12.9. The van der Waals surface area contributed by atoms with Gasteiger partial charge in [-0.2, -0.15) is 0 Å². The van der Waals surface area contributed by atoms with Gasteiger partial charge < -0.3 is 10.2 Å². The highest BCUT2D eigenvalue weighted by atomic mass is 35.5. The zero-order chi connectivity index (χ0) is 14.7. The lowest BCUT2D eigenvalue weighted by atomic mass is 10.0. The molecule has 0 radical (unpaired) electrons. The largest absolute Gasteiger partial charge is 0.334 e. The van der Waals surface area contributed by atoms with E-state index in [-0.39, 0.29) is 5.91 Å². The molecule has 0 bridgehead atoms. The predicted molar refractivity (Wildman–Crippen MR) is 83.3 cm³/mol. The molecule has 0 aromatic heterocycles. The second kappa shape index (κ2) is 6.59. The standard InChI is InChI=1S/C16H23ClN2O/c1-11(2)10-19(13-7-8-18-9-13)16(20)14-5-4-6-15(17)12(14)3/h4-6,11,13,18H,7-10H2,1-3H3. The lowest BCUT2D eigenvalue weighted by Crippen LogP contribution is -2.43. The SMILES string of the molecule is Cc1c(Cl)cccc1C(=O)N(CC(C)C)C1CCNC1. The summed E-state index contributed by atoms with van der Waals surface area (Å²) in [7, 11) is 0. The molecule has 110 valence electrons. The zero-order valence-corrected chi connectivity index (χ0v) is 13.2. The van der Waals surface area contributed by atoms with Gasteiger partial charge in [0.1, 0.15) is 0 Å². The third kappa shape index (κ3) is 3.33. The average Bonchev–Trinajstić information content (AvgIpc) is 2.92. The highest BCUT2D eigenvalue weighted by Crippen LogP contribution is 2.22. The topological polar surface area (TPSA) is 32.3 Å². The van der Waals surface area contributed by atoms with E-state index in [1.807, 2.05) is 30.0 Å². The van der Waals surface area contributed by atoms with E-state index in [1.54, 1.807) is 0 Å². The smallest absolute Gasteiger partial charge is 0.254 e. The van der Waals surface area contributed by atoms with Crippen LogP contribution in [0.4, 0.5) is 0 Å². The molecule has 1 aromatic rings. The van der Waals surface area contributed by atoms with Crippen LogP contribution in [0.2, 0.25) is 5.02 Å². The molecule has 1 fully saturated rings. The van der Waals surface area contributed by atoms with E-state index in [0.29, 0.717) is 17.0 Å². The number of nitrogens with one attached hydrogen (secondary N) is 1. The second-order valence-electron chi connectivity index (χ2n) is 5.91. The summed E-state index contributed by atoms with van der Waals surface area (Å²) >= 11 is 6.14. The number of rotatable bonds is 4. The van der Waals surface area contributed by atoms with Crippen molar-refractivity contribution < 1.29 is 4.79 Å². The molecular formula is C16H23ClN2O. The minimum Gasteiger partial charge on any atom is -0.334 e. The van der Waals surface area contributed by atoms with Crippen LogP contribution in [0.3, 0.4) is 0 Å². The van der Waals surface area contributed by atoms with Crippen LogP contribution in [0.1, 0.15) is 36.2 Å². The summed E-state index contributed by atoms with van der Waals surface area (Å²) in [5.41, 5.74) is 1.60. The summed E-state index contributed by atoms with van der Waals surface area (Å²) in [6, 6.07) is 5.85. The Morgan fingerprint density at radius 3 is 2.85 bits per heavy atom. The predicted octanol–water partition coefficient (Wildman–Crippen LogP) is 3.11. The highest BCUT2D eigenvalue weighted by Gasteiger charge is 2.28. The Labute approximate surface area is 126 Å². The molecular weight excluding hydrogens is 272 g/mol. The van der Waals surface area contributed by atoms with Gasteiger partial charge in [0.15, 0.2) is 0 Å². The summed E-state index contributed by atoms with van der Waals surface area (Å²) in [4.78, 5) is 14.9. The average molecular weight is 295 g/mol.